The molecule has 3 heteroatoms. The van der Waals surface area contributed by atoms with Crippen molar-refractivity contribution in [3.8, 4) is 5.75 Å². The Morgan fingerprint density at radius 1 is 1.39 bits per heavy atom. The van der Waals surface area contributed by atoms with Crippen LogP contribution in [0.4, 0.5) is 5.69 Å². The standard InChI is InChI=1S/C15H23NO2/c1-3-9-18-15-7-5-4-6-14(15)16-13-8-10-17-11-12(13)2/h4-7,12-13,16H,3,8-11H2,1-2H3. The molecule has 1 saturated heterocycles. The maximum atomic E-state index is 5.77. The first-order valence-corrected chi connectivity index (χ1v) is 6.87. The van der Waals surface area contributed by atoms with Crippen molar-refractivity contribution in [3.63, 3.8) is 0 Å². The maximum absolute atomic E-state index is 5.77. The van der Waals surface area contributed by atoms with Crippen LogP contribution in [0.25, 0.3) is 0 Å². The topological polar surface area (TPSA) is 30.5 Å². The minimum absolute atomic E-state index is 0.477. The lowest BCUT2D eigenvalue weighted by Gasteiger charge is -2.31. The molecular weight excluding hydrogens is 226 g/mol. The van der Waals surface area contributed by atoms with Crippen LogP contribution in [0, 0.1) is 5.92 Å². The van der Waals surface area contributed by atoms with Crippen molar-refractivity contribution < 1.29 is 9.47 Å². The van der Waals surface area contributed by atoms with Crippen molar-refractivity contribution in [1.82, 2.24) is 0 Å². The molecule has 0 aliphatic carbocycles. The summed E-state index contributed by atoms with van der Waals surface area (Å²) in [7, 11) is 0. The van der Waals surface area contributed by atoms with E-state index in [0.717, 1.165) is 44.1 Å². The van der Waals surface area contributed by atoms with Crippen LogP contribution in [0.5, 0.6) is 5.75 Å². The number of ether oxygens (including phenoxy) is 2. The highest BCUT2D eigenvalue weighted by Crippen LogP contribution is 2.27. The van der Waals surface area contributed by atoms with Crippen molar-refractivity contribution in [3.05, 3.63) is 24.3 Å². The van der Waals surface area contributed by atoms with E-state index in [-0.39, 0.29) is 0 Å². The van der Waals surface area contributed by atoms with Gasteiger partial charge in [-0.2, -0.15) is 0 Å². The van der Waals surface area contributed by atoms with E-state index in [2.05, 4.69) is 25.2 Å². The van der Waals surface area contributed by atoms with Gasteiger partial charge in [0.05, 0.1) is 18.9 Å². The van der Waals surface area contributed by atoms with E-state index < -0.39 is 0 Å². The van der Waals surface area contributed by atoms with E-state index in [1.54, 1.807) is 0 Å². The summed E-state index contributed by atoms with van der Waals surface area (Å²) in [6.45, 7) is 6.81. The number of nitrogens with one attached hydrogen (secondary N) is 1. The molecule has 0 saturated carbocycles. The highest BCUT2D eigenvalue weighted by Gasteiger charge is 2.22. The maximum Gasteiger partial charge on any atom is 0.142 e. The van der Waals surface area contributed by atoms with Crippen LogP contribution in [0.1, 0.15) is 26.7 Å². The molecule has 1 aromatic rings. The molecule has 2 atom stereocenters. The van der Waals surface area contributed by atoms with E-state index >= 15 is 0 Å². The number of anilines is 1. The molecule has 0 bridgehead atoms. The Morgan fingerprint density at radius 2 is 2.22 bits per heavy atom. The van der Waals surface area contributed by atoms with Crippen molar-refractivity contribution in [2.75, 3.05) is 25.1 Å². The molecule has 100 valence electrons. The van der Waals surface area contributed by atoms with Crippen LogP contribution in [0.15, 0.2) is 24.3 Å². The third kappa shape index (κ3) is 3.39. The zero-order chi connectivity index (χ0) is 12.8. The van der Waals surface area contributed by atoms with E-state index in [4.69, 9.17) is 9.47 Å². The summed E-state index contributed by atoms with van der Waals surface area (Å²) >= 11 is 0. The highest BCUT2D eigenvalue weighted by molar-refractivity contribution is 5.56. The van der Waals surface area contributed by atoms with Crippen molar-refractivity contribution in [2.45, 2.75) is 32.7 Å². The fourth-order valence-electron chi connectivity index (χ4n) is 2.22. The minimum atomic E-state index is 0.477. The third-order valence-electron chi connectivity index (χ3n) is 3.33. The average molecular weight is 249 g/mol. The third-order valence-corrected chi connectivity index (χ3v) is 3.33. The van der Waals surface area contributed by atoms with Crippen molar-refractivity contribution in [2.24, 2.45) is 5.92 Å². The Morgan fingerprint density at radius 3 is 3.00 bits per heavy atom. The molecule has 1 heterocycles. The second-order valence-corrected chi connectivity index (χ2v) is 4.94. The molecule has 0 amide bonds. The van der Waals surface area contributed by atoms with Gasteiger partial charge in [0.2, 0.25) is 0 Å². The molecule has 0 radical (unpaired) electrons. The van der Waals surface area contributed by atoms with E-state index in [9.17, 15) is 0 Å². The largest absolute Gasteiger partial charge is 0.491 e. The molecule has 18 heavy (non-hydrogen) atoms. The van der Waals surface area contributed by atoms with E-state index in [0.29, 0.717) is 12.0 Å². The Kier molecular flexibility index (Phi) is 4.88. The Bertz CT molecular complexity index is 367. The van der Waals surface area contributed by atoms with Crippen LogP contribution < -0.4 is 10.1 Å². The predicted octanol–water partition coefficient (Wildman–Crippen LogP) is 3.31. The molecule has 1 aliphatic heterocycles. The lowest BCUT2D eigenvalue weighted by molar-refractivity contribution is 0.0537. The zero-order valence-electron chi connectivity index (χ0n) is 11.3. The molecule has 2 unspecified atom stereocenters. The van der Waals surface area contributed by atoms with Gasteiger partial charge in [-0.15, -0.1) is 0 Å². The predicted molar refractivity (Wildman–Crippen MR) is 74.2 cm³/mol. The molecule has 1 N–H and O–H groups in total. The molecule has 0 aromatic heterocycles. The van der Waals surface area contributed by atoms with Crippen LogP contribution >= 0.6 is 0 Å². The summed E-state index contributed by atoms with van der Waals surface area (Å²) in [6.07, 6.45) is 2.09. The minimum Gasteiger partial charge on any atom is -0.491 e. The lowest BCUT2D eigenvalue weighted by atomic mass is 9.97. The summed E-state index contributed by atoms with van der Waals surface area (Å²) in [6, 6.07) is 8.66. The molecule has 0 spiro atoms. The number of rotatable bonds is 5. The number of hydrogen-bond acceptors (Lipinski definition) is 3. The van der Waals surface area contributed by atoms with Gasteiger partial charge >= 0.3 is 0 Å². The van der Waals surface area contributed by atoms with Crippen LogP contribution in [-0.2, 0) is 4.74 Å². The molecular formula is C15H23NO2. The number of para-hydroxylation sites is 2. The number of hydrogen-bond donors (Lipinski definition) is 1. The molecule has 1 aliphatic rings. The normalized spacial score (nSPS) is 23.7. The fraction of sp³-hybridized carbons (Fsp3) is 0.600. The molecule has 3 nitrogen and oxygen atoms in total. The smallest absolute Gasteiger partial charge is 0.142 e. The quantitative estimate of drug-likeness (QED) is 0.868. The summed E-state index contributed by atoms with van der Waals surface area (Å²) in [5.74, 6) is 1.50. The monoisotopic (exact) mass is 249 g/mol. The SMILES string of the molecule is CCCOc1ccccc1NC1CCOCC1C. The van der Waals surface area contributed by atoms with Gasteiger partial charge in [-0.05, 0) is 30.9 Å². The average Bonchev–Trinajstić information content (AvgIpc) is 2.40. The first kappa shape index (κ1) is 13.2. The number of benzene rings is 1. The Labute approximate surface area is 109 Å². The van der Waals surface area contributed by atoms with Gasteiger partial charge in [-0.25, -0.2) is 0 Å². The van der Waals surface area contributed by atoms with Crippen molar-refractivity contribution >= 4 is 5.69 Å². The van der Waals surface area contributed by atoms with E-state index in [1.165, 1.54) is 0 Å². The Hall–Kier alpha value is -1.22. The summed E-state index contributed by atoms with van der Waals surface area (Å²) in [5.41, 5.74) is 1.10. The first-order chi connectivity index (χ1) is 8.81. The first-order valence-electron chi connectivity index (χ1n) is 6.87. The Balaban J connectivity index is 2.03. The molecule has 2 rings (SSSR count). The van der Waals surface area contributed by atoms with E-state index in [1.807, 2.05) is 18.2 Å². The highest BCUT2D eigenvalue weighted by atomic mass is 16.5. The lowest BCUT2D eigenvalue weighted by Crippen LogP contribution is -2.36. The van der Waals surface area contributed by atoms with Gasteiger partial charge in [0.1, 0.15) is 5.75 Å². The van der Waals surface area contributed by atoms with Crippen LogP contribution in [0.3, 0.4) is 0 Å². The van der Waals surface area contributed by atoms with Crippen LogP contribution in [-0.4, -0.2) is 25.9 Å². The fourth-order valence-corrected chi connectivity index (χ4v) is 2.22. The van der Waals surface area contributed by atoms with Crippen LogP contribution in [0.2, 0.25) is 0 Å². The second kappa shape index (κ2) is 6.64. The van der Waals surface area contributed by atoms with Gasteiger partial charge in [0.15, 0.2) is 0 Å². The molecule has 1 fully saturated rings. The van der Waals surface area contributed by atoms with Gasteiger partial charge in [-0.3, -0.25) is 0 Å². The summed E-state index contributed by atoms with van der Waals surface area (Å²) in [5, 5.41) is 3.60. The van der Waals surface area contributed by atoms with Gasteiger partial charge in [0.25, 0.3) is 0 Å². The summed E-state index contributed by atoms with van der Waals surface area (Å²) < 4.78 is 11.2. The van der Waals surface area contributed by atoms with Gasteiger partial charge in [-0.1, -0.05) is 26.0 Å². The summed E-state index contributed by atoms with van der Waals surface area (Å²) in [4.78, 5) is 0. The second-order valence-electron chi connectivity index (χ2n) is 4.94. The van der Waals surface area contributed by atoms with Gasteiger partial charge < -0.3 is 14.8 Å². The molecule has 1 aromatic carbocycles. The van der Waals surface area contributed by atoms with Crippen molar-refractivity contribution in [1.29, 1.82) is 0 Å². The zero-order valence-corrected chi connectivity index (χ0v) is 11.3. The van der Waals surface area contributed by atoms with Gasteiger partial charge in [0, 0.05) is 12.6 Å².